The summed E-state index contributed by atoms with van der Waals surface area (Å²) in [6.07, 6.45) is 8.46. The van der Waals surface area contributed by atoms with Crippen LogP contribution < -0.4 is 5.73 Å². The van der Waals surface area contributed by atoms with Crippen molar-refractivity contribution in [2.75, 3.05) is 12.3 Å². The summed E-state index contributed by atoms with van der Waals surface area (Å²) in [6.45, 7) is 5.42. The van der Waals surface area contributed by atoms with Crippen LogP contribution in [0.1, 0.15) is 30.0 Å². The largest absolute Gasteiger partial charge is 0.381 e. The van der Waals surface area contributed by atoms with Crippen molar-refractivity contribution >= 4 is 12.0 Å². The van der Waals surface area contributed by atoms with Gasteiger partial charge in [0.1, 0.15) is 0 Å². The number of rotatable bonds is 2. The molecule has 1 saturated carbocycles. The Morgan fingerprint density at radius 1 is 1.31 bits per heavy atom. The van der Waals surface area contributed by atoms with E-state index in [1.807, 2.05) is 18.5 Å². The molecule has 6 heteroatoms. The Labute approximate surface area is 151 Å². The van der Waals surface area contributed by atoms with Crippen LogP contribution in [-0.4, -0.2) is 32.5 Å². The number of fused-ring (bicyclic) bond motifs is 2. The molecule has 0 saturated heterocycles. The SMILES string of the molecule is Cc1cc(-c2cnc(N)c(-n3cccn3)n2)cc2c1C1(CN=C2)CC1C. The predicted molar refractivity (Wildman–Crippen MR) is 102 cm³/mol. The number of aryl methyl sites for hydroxylation is 1. The second-order valence-corrected chi connectivity index (χ2v) is 7.40. The zero-order valence-corrected chi connectivity index (χ0v) is 14.8. The maximum absolute atomic E-state index is 6.00. The number of anilines is 1. The van der Waals surface area contributed by atoms with Crippen LogP contribution in [0, 0.1) is 12.8 Å². The highest BCUT2D eigenvalue weighted by Gasteiger charge is 2.54. The second-order valence-electron chi connectivity index (χ2n) is 7.40. The van der Waals surface area contributed by atoms with E-state index in [-0.39, 0.29) is 5.41 Å². The van der Waals surface area contributed by atoms with Crippen molar-refractivity contribution in [3.8, 4) is 17.1 Å². The second kappa shape index (κ2) is 5.24. The number of nitrogens with two attached hydrogens (primary N) is 1. The first-order valence-electron chi connectivity index (χ1n) is 8.86. The Bertz CT molecular complexity index is 1040. The molecule has 2 aliphatic rings. The van der Waals surface area contributed by atoms with Gasteiger partial charge in [0, 0.05) is 36.1 Å². The number of nitrogen functional groups attached to an aromatic ring is 1. The van der Waals surface area contributed by atoms with Crippen molar-refractivity contribution in [2.24, 2.45) is 10.9 Å². The zero-order chi connectivity index (χ0) is 17.9. The average Bonchev–Trinajstić information content (AvgIpc) is 3.03. The number of nitrogens with zero attached hydrogens (tertiary/aromatic N) is 5. The first kappa shape index (κ1) is 15.3. The van der Waals surface area contributed by atoms with Crippen LogP contribution in [0.3, 0.4) is 0 Å². The molecular weight excluding hydrogens is 324 g/mol. The topological polar surface area (TPSA) is 82.0 Å². The standard InChI is InChI=1S/C20H20N6/c1-12-6-14(7-15-9-22-11-20(17(12)15)8-13(20)2)16-10-23-18(21)19(25-16)26-5-3-4-24-26/h3-7,9-10,13H,8,11H2,1-2H3,(H2,21,23). The van der Waals surface area contributed by atoms with E-state index >= 15 is 0 Å². The Morgan fingerprint density at radius 3 is 2.88 bits per heavy atom. The van der Waals surface area contributed by atoms with Gasteiger partial charge in [0.25, 0.3) is 0 Å². The van der Waals surface area contributed by atoms with E-state index in [9.17, 15) is 0 Å². The van der Waals surface area contributed by atoms with Gasteiger partial charge >= 0.3 is 0 Å². The molecule has 130 valence electrons. The summed E-state index contributed by atoms with van der Waals surface area (Å²) >= 11 is 0. The molecule has 6 nitrogen and oxygen atoms in total. The van der Waals surface area contributed by atoms with Crippen LogP contribution >= 0.6 is 0 Å². The third-order valence-electron chi connectivity index (χ3n) is 5.72. The molecule has 5 rings (SSSR count). The smallest absolute Gasteiger partial charge is 0.196 e. The van der Waals surface area contributed by atoms with Crippen molar-refractivity contribution in [2.45, 2.75) is 25.7 Å². The van der Waals surface area contributed by atoms with Crippen LogP contribution in [0.25, 0.3) is 17.1 Å². The minimum atomic E-state index is 0.250. The number of aliphatic imine (C=N–C) groups is 1. The van der Waals surface area contributed by atoms with E-state index in [1.54, 1.807) is 17.1 Å². The summed E-state index contributed by atoms with van der Waals surface area (Å²) in [5, 5.41) is 4.22. The molecular formula is C20H20N6. The monoisotopic (exact) mass is 344 g/mol. The summed E-state index contributed by atoms with van der Waals surface area (Å²) in [5.41, 5.74) is 12.0. The third-order valence-corrected chi connectivity index (χ3v) is 5.72. The average molecular weight is 344 g/mol. The molecule has 26 heavy (non-hydrogen) atoms. The van der Waals surface area contributed by atoms with Gasteiger partial charge in [-0.15, -0.1) is 0 Å². The number of aromatic nitrogens is 4. The van der Waals surface area contributed by atoms with E-state index < -0.39 is 0 Å². The first-order chi connectivity index (χ1) is 12.6. The van der Waals surface area contributed by atoms with Crippen molar-refractivity contribution < 1.29 is 0 Å². The molecule has 0 bridgehead atoms. The van der Waals surface area contributed by atoms with E-state index in [1.165, 1.54) is 23.1 Å². The van der Waals surface area contributed by atoms with Gasteiger partial charge < -0.3 is 5.73 Å². The molecule has 0 amide bonds. The summed E-state index contributed by atoms with van der Waals surface area (Å²) in [7, 11) is 0. The lowest BCUT2D eigenvalue weighted by atomic mass is 9.83. The lowest BCUT2D eigenvalue weighted by molar-refractivity contribution is 0.631. The van der Waals surface area contributed by atoms with E-state index in [0.29, 0.717) is 17.6 Å². The quantitative estimate of drug-likeness (QED) is 0.775. The fourth-order valence-corrected chi connectivity index (χ4v) is 4.28. The fourth-order valence-electron chi connectivity index (χ4n) is 4.28. The fraction of sp³-hybridized carbons (Fsp3) is 0.300. The minimum Gasteiger partial charge on any atom is -0.381 e. The number of hydrogen-bond acceptors (Lipinski definition) is 5. The lowest BCUT2D eigenvalue weighted by Crippen LogP contribution is -2.22. The van der Waals surface area contributed by atoms with Crippen molar-refractivity contribution in [1.29, 1.82) is 0 Å². The number of benzene rings is 1. The highest BCUT2D eigenvalue weighted by molar-refractivity contribution is 5.88. The van der Waals surface area contributed by atoms with Gasteiger partial charge in [-0.3, -0.25) is 4.99 Å². The van der Waals surface area contributed by atoms with E-state index in [2.05, 4.69) is 41.1 Å². The van der Waals surface area contributed by atoms with E-state index in [0.717, 1.165) is 17.8 Å². The van der Waals surface area contributed by atoms with Gasteiger partial charge in [-0.2, -0.15) is 5.10 Å². The maximum Gasteiger partial charge on any atom is 0.196 e. The summed E-state index contributed by atoms with van der Waals surface area (Å²) in [4.78, 5) is 13.7. The molecule has 2 unspecified atom stereocenters. The molecule has 1 aromatic carbocycles. The van der Waals surface area contributed by atoms with Crippen LogP contribution in [0.5, 0.6) is 0 Å². The van der Waals surface area contributed by atoms with E-state index in [4.69, 9.17) is 10.7 Å². The Kier molecular flexibility index (Phi) is 3.07. The molecule has 1 spiro atoms. The maximum atomic E-state index is 6.00. The predicted octanol–water partition coefficient (Wildman–Crippen LogP) is 2.93. The molecule has 3 heterocycles. The van der Waals surface area contributed by atoms with Gasteiger partial charge in [0.2, 0.25) is 0 Å². The Hall–Kier alpha value is -3.02. The molecule has 1 aliphatic carbocycles. The lowest BCUT2D eigenvalue weighted by Gasteiger charge is -2.25. The molecule has 0 radical (unpaired) electrons. The molecule has 2 aromatic heterocycles. The zero-order valence-electron chi connectivity index (χ0n) is 14.8. The summed E-state index contributed by atoms with van der Waals surface area (Å²) in [6, 6.07) is 6.21. The van der Waals surface area contributed by atoms with Gasteiger partial charge in [-0.25, -0.2) is 14.6 Å². The van der Waals surface area contributed by atoms with Gasteiger partial charge in [0.15, 0.2) is 11.6 Å². The minimum absolute atomic E-state index is 0.250. The molecule has 2 N–H and O–H groups in total. The van der Waals surface area contributed by atoms with Crippen LogP contribution in [0.4, 0.5) is 5.82 Å². The molecule has 2 atom stereocenters. The number of hydrogen-bond donors (Lipinski definition) is 1. The highest BCUT2D eigenvalue weighted by Crippen LogP contribution is 2.57. The van der Waals surface area contributed by atoms with Crippen LogP contribution in [0.15, 0.2) is 41.8 Å². The van der Waals surface area contributed by atoms with Crippen LogP contribution in [-0.2, 0) is 5.41 Å². The summed E-state index contributed by atoms with van der Waals surface area (Å²) in [5.74, 6) is 1.61. The molecule has 1 fully saturated rings. The third kappa shape index (κ3) is 2.11. The molecule has 1 aliphatic heterocycles. The Balaban J connectivity index is 1.64. The van der Waals surface area contributed by atoms with Gasteiger partial charge in [-0.1, -0.05) is 6.92 Å². The van der Waals surface area contributed by atoms with Crippen molar-refractivity contribution in [1.82, 2.24) is 19.7 Å². The van der Waals surface area contributed by atoms with Gasteiger partial charge in [0.05, 0.1) is 11.9 Å². The first-order valence-corrected chi connectivity index (χ1v) is 8.86. The summed E-state index contributed by atoms with van der Waals surface area (Å²) < 4.78 is 1.64. The van der Waals surface area contributed by atoms with Crippen molar-refractivity contribution in [3.63, 3.8) is 0 Å². The van der Waals surface area contributed by atoms with Gasteiger partial charge in [-0.05, 0) is 54.2 Å². The molecule has 3 aromatic rings. The highest BCUT2D eigenvalue weighted by atomic mass is 15.3. The normalized spacial score (nSPS) is 23.2. The van der Waals surface area contributed by atoms with Crippen molar-refractivity contribution in [3.05, 3.63) is 53.5 Å². The van der Waals surface area contributed by atoms with Crippen LogP contribution in [0.2, 0.25) is 0 Å². The Morgan fingerprint density at radius 2 is 2.15 bits per heavy atom.